The van der Waals surface area contributed by atoms with Crippen molar-refractivity contribution in [3.8, 4) is 0 Å². The Labute approximate surface area is 202 Å². The van der Waals surface area contributed by atoms with E-state index in [1.807, 2.05) is 12.1 Å². The maximum atomic E-state index is 12.6. The molecule has 2 atom stereocenters. The van der Waals surface area contributed by atoms with Crippen LogP contribution in [0, 0.1) is 0 Å². The zero-order valence-electron chi connectivity index (χ0n) is 18.8. The van der Waals surface area contributed by atoms with Gasteiger partial charge in [0, 0.05) is 39.0 Å². The van der Waals surface area contributed by atoms with Gasteiger partial charge < -0.3 is 21.0 Å². The Balaban J connectivity index is 1.30. The minimum atomic E-state index is -4.08. The fourth-order valence-corrected chi connectivity index (χ4v) is 5.28. The lowest BCUT2D eigenvalue weighted by Crippen LogP contribution is -2.49. The SMILES string of the molecule is Nc1cccc(CN2CCC3(CC(C(=O)NC[C@H](NS(=O)(=O)c4ccccc4)C(=O)O)=NO3)C2)n1. The molecule has 4 rings (SSSR count). The number of nitrogen functional groups attached to an aromatic ring is 1. The van der Waals surface area contributed by atoms with Crippen molar-refractivity contribution in [1.29, 1.82) is 0 Å². The largest absolute Gasteiger partial charge is 0.480 e. The van der Waals surface area contributed by atoms with Crippen molar-refractivity contribution in [2.24, 2.45) is 5.16 Å². The number of aromatic nitrogens is 1. The first-order valence-corrected chi connectivity index (χ1v) is 12.4. The summed E-state index contributed by atoms with van der Waals surface area (Å²) in [6.45, 7) is 1.39. The number of amides is 1. The first-order valence-electron chi connectivity index (χ1n) is 10.9. The summed E-state index contributed by atoms with van der Waals surface area (Å²) < 4.78 is 27.0. The Morgan fingerprint density at radius 3 is 2.69 bits per heavy atom. The molecule has 2 aromatic rings. The number of anilines is 1. The standard InChI is InChI=1S/C22H26N6O6S/c23-19-8-4-5-15(25-19)13-28-10-9-22(14-28)11-17(26-34-22)20(29)24-12-18(21(30)31)27-35(32,33)16-6-2-1-3-7-16/h1-8,18,27H,9-14H2,(H2,23,25)(H,24,29)(H,30,31)/t18-,22?/m0/s1. The smallest absolute Gasteiger partial charge is 0.323 e. The number of likely N-dealkylation sites (tertiary alicyclic amines) is 1. The van der Waals surface area contributed by atoms with Crippen LogP contribution in [0.1, 0.15) is 18.5 Å². The molecular formula is C22H26N6O6S. The monoisotopic (exact) mass is 502 g/mol. The van der Waals surface area contributed by atoms with Crippen molar-refractivity contribution < 1.29 is 28.0 Å². The van der Waals surface area contributed by atoms with E-state index >= 15 is 0 Å². The van der Waals surface area contributed by atoms with Gasteiger partial charge in [-0.3, -0.25) is 14.5 Å². The summed E-state index contributed by atoms with van der Waals surface area (Å²) in [6.07, 6.45) is 0.914. The molecule has 1 spiro atoms. The minimum absolute atomic E-state index is 0.0766. The molecule has 2 aliphatic heterocycles. The van der Waals surface area contributed by atoms with Crippen LogP contribution in [0.3, 0.4) is 0 Å². The molecule has 1 amide bonds. The first kappa shape index (κ1) is 24.6. The zero-order valence-corrected chi connectivity index (χ0v) is 19.6. The summed E-state index contributed by atoms with van der Waals surface area (Å²) in [4.78, 5) is 36.2. The molecule has 35 heavy (non-hydrogen) atoms. The number of pyridine rings is 1. The second-order valence-electron chi connectivity index (χ2n) is 8.54. The molecule has 1 aromatic carbocycles. The Morgan fingerprint density at radius 2 is 1.97 bits per heavy atom. The van der Waals surface area contributed by atoms with Crippen LogP contribution in [0.4, 0.5) is 5.82 Å². The van der Waals surface area contributed by atoms with Gasteiger partial charge in [-0.25, -0.2) is 13.4 Å². The molecule has 1 aromatic heterocycles. The molecule has 1 unspecified atom stereocenters. The number of sulfonamides is 1. The van der Waals surface area contributed by atoms with Crippen molar-refractivity contribution in [2.45, 2.75) is 35.9 Å². The van der Waals surface area contributed by atoms with E-state index in [-0.39, 0.29) is 17.0 Å². The van der Waals surface area contributed by atoms with Crippen molar-refractivity contribution in [3.63, 3.8) is 0 Å². The summed E-state index contributed by atoms with van der Waals surface area (Å²) >= 11 is 0. The van der Waals surface area contributed by atoms with Gasteiger partial charge in [-0.05, 0) is 24.3 Å². The zero-order chi connectivity index (χ0) is 25.1. The molecular weight excluding hydrogens is 476 g/mol. The second-order valence-corrected chi connectivity index (χ2v) is 10.3. The maximum absolute atomic E-state index is 12.6. The van der Waals surface area contributed by atoms with Gasteiger partial charge in [0.1, 0.15) is 17.6 Å². The summed E-state index contributed by atoms with van der Waals surface area (Å²) in [5.74, 6) is -1.59. The van der Waals surface area contributed by atoms with E-state index in [2.05, 4.69) is 25.1 Å². The molecule has 12 nitrogen and oxygen atoms in total. The molecule has 0 bridgehead atoms. The predicted octanol–water partition coefficient (Wildman–Crippen LogP) is -0.0675. The Kier molecular flexibility index (Phi) is 7.00. The van der Waals surface area contributed by atoms with Crippen molar-refractivity contribution in [1.82, 2.24) is 19.9 Å². The highest BCUT2D eigenvalue weighted by molar-refractivity contribution is 7.89. The van der Waals surface area contributed by atoms with Crippen LogP contribution >= 0.6 is 0 Å². The van der Waals surface area contributed by atoms with Crippen LogP contribution < -0.4 is 15.8 Å². The maximum Gasteiger partial charge on any atom is 0.323 e. The molecule has 186 valence electrons. The number of nitrogens with zero attached hydrogens (tertiary/aromatic N) is 3. The molecule has 0 saturated carbocycles. The van der Waals surface area contributed by atoms with Crippen molar-refractivity contribution in [2.75, 3.05) is 25.4 Å². The topological polar surface area (TPSA) is 176 Å². The number of aliphatic carboxylic acids is 1. The van der Waals surface area contributed by atoms with E-state index in [1.165, 1.54) is 24.3 Å². The van der Waals surface area contributed by atoms with E-state index in [0.29, 0.717) is 25.3 Å². The number of carbonyl (C=O) groups is 2. The normalized spacial score (nSPS) is 20.9. The number of oxime groups is 1. The average Bonchev–Trinajstić information content (AvgIpc) is 3.43. The van der Waals surface area contributed by atoms with Crippen LogP contribution in [0.2, 0.25) is 0 Å². The third-order valence-electron chi connectivity index (χ3n) is 5.83. The average molecular weight is 503 g/mol. The molecule has 1 fully saturated rings. The van der Waals surface area contributed by atoms with Gasteiger partial charge >= 0.3 is 5.97 Å². The lowest BCUT2D eigenvalue weighted by molar-refractivity contribution is -0.138. The van der Waals surface area contributed by atoms with Gasteiger partial charge in [-0.1, -0.05) is 29.4 Å². The quantitative estimate of drug-likeness (QED) is 0.366. The van der Waals surface area contributed by atoms with Crippen molar-refractivity contribution in [3.05, 3.63) is 54.2 Å². The van der Waals surface area contributed by atoms with Crippen molar-refractivity contribution >= 4 is 33.4 Å². The van der Waals surface area contributed by atoms with E-state index in [9.17, 15) is 23.1 Å². The number of hydrogen-bond acceptors (Lipinski definition) is 9. The molecule has 13 heteroatoms. The number of rotatable bonds is 9. The van der Waals surface area contributed by atoms with Gasteiger partial charge in [-0.15, -0.1) is 0 Å². The third-order valence-corrected chi connectivity index (χ3v) is 7.31. The first-order chi connectivity index (χ1) is 16.7. The fourth-order valence-electron chi connectivity index (χ4n) is 4.07. The number of carboxylic acids is 1. The molecule has 5 N–H and O–H groups in total. The van der Waals surface area contributed by atoms with Crippen LogP contribution in [-0.2, 0) is 31.0 Å². The minimum Gasteiger partial charge on any atom is -0.480 e. The number of carbonyl (C=O) groups excluding carboxylic acids is 1. The number of nitrogens with two attached hydrogens (primary N) is 1. The molecule has 0 radical (unpaired) electrons. The Hall–Kier alpha value is -3.55. The van der Waals surface area contributed by atoms with Gasteiger partial charge in [0.05, 0.1) is 10.6 Å². The summed E-state index contributed by atoms with van der Waals surface area (Å²) in [6, 6.07) is 11.3. The third kappa shape index (κ3) is 5.93. The van der Waals surface area contributed by atoms with Gasteiger partial charge in [-0.2, -0.15) is 4.72 Å². The molecule has 2 aliphatic rings. The van der Waals surface area contributed by atoms with Gasteiger partial charge in [0.2, 0.25) is 10.0 Å². The van der Waals surface area contributed by atoms with Crippen LogP contribution in [0.25, 0.3) is 0 Å². The number of benzene rings is 1. The Morgan fingerprint density at radius 1 is 1.20 bits per heavy atom. The summed E-state index contributed by atoms with van der Waals surface area (Å²) in [5, 5.41) is 15.8. The van der Waals surface area contributed by atoms with Gasteiger partial charge in [0.25, 0.3) is 5.91 Å². The molecule has 1 saturated heterocycles. The van der Waals surface area contributed by atoms with E-state index in [0.717, 1.165) is 12.2 Å². The lowest BCUT2D eigenvalue weighted by atomic mass is 9.96. The number of carboxylic acid groups (broad SMARTS) is 1. The summed E-state index contributed by atoms with van der Waals surface area (Å²) in [7, 11) is -4.08. The molecule has 0 aliphatic carbocycles. The second kappa shape index (κ2) is 9.98. The number of nitrogens with one attached hydrogen (secondary N) is 2. The highest BCUT2D eigenvalue weighted by atomic mass is 32.2. The molecule has 3 heterocycles. The highest BCUT2D eigenvalue weighted by Crippen LogP contribution is 2.34. The Bertz CT molecular complexity index is 1240. The highest BCUT2D eigenvalue weighted by Gasteiger charge is 2.46. The van der Waals surface area contributed by atoms with Crippen LogP contribution in [-0.4, -0.2) is 72.3 Å². The predicted molar refractivity (Wildman–Crippen MR) is 126 cm³/mol. The summed E-state index contributed by atoms with van der Waals surface area (Å²) in [5.41, 5.74) is 6.05. The van der Waals surface area contributed by atoms with E-state index in [4.69, 9.17) is 10.6 Å². The van der Waals surface area contributed by atoms with Gasteiger partial charge in [0.15, 0.2) is 5.60 Å². The lowest BCUT2D eigenvalue weighted by Gasteiger charge is -2.21. The van der Waals surface area contributed by atoms with Crippen LogP contribution in [0.15, 0.2) is 58.6 Å². The number of hydrogen-bond donors (Lipinski definition) is 4. The van der Waals surface area contributed by atoms with Crippen LogP contribution in [0.5, 0.6) is 0 Å². The van der Waals surface area contributed by atoms with E-state index < -0.39 is 40.1 Å². The fraction of sp³-hybridized carbons (Fsp3) is 0.364. The van der Waals surface area contributed by atoms with E-state index in [1.54, 1.807) is 12.1 Å².